The number of carbonyl (C=O) groups is 2. The molecule has 1 N–H and O–H groups in total. The lowest BCUT2D eigenvalue weighted by Gasteiger charge is -2.22. The molecule has 3 rings (SSSR count). The molecule has 1 amide bonds. The zero-order valence-electron chi connectivity index (χ0n) is 22.1. The van der Waals surface area contributed by atoms with E-state index in [1.54, 1.807) is 35.6 Å². The maximum absolute atomic E-state index is 13.3. The third-order valence-corrected chi connectivity index (χ3v) is 7.34. The van der Waals surface area contributed by atoms with Crippen molar-refractivity contribution in [2.24, 2.45) is 5.92 Å². The Morgan fingerprint density at radius 2 is 1.83 bits per heavy atom. The Labute approximate surface area is 215 Å². The Morgan fingerprint density at radius 1 is 1.17 bits per heavy atom. The second-order valence-corrected chi connectivity index (χ2v) is 11.6. The van der Waals surface area contributed by atoms with Crippen molar-refractivity contribution in [3.8, 4) is 0 Å². The minimum Gasteiger partial charge on any atom is -0.456 e. The van der Waals surface area contributed by atoms with Crippen LogP contribution < -0.4 is 9.62 Å². The minimum atomic E-state index is -1.46. The maximum Gasteiger partial charge on any atom is 0.303 e. The molecule has 0 fully saturated rings. The van der Waals surface area contributed by atoms with Gasteiger partial charge in [-0.2, -0.15) is 0 Å². The van der Waals surface area contributed by atoms with E-state index in [-0.39, 0.29) is 12.0 Å². The molecule has 0 radical (unpaired) electrons. The maximum atomic E-state index is 13.3. The van der Waals surface area contributed by atoms with Gasteiger partial charge in [-0.05, 0) is 48.4 Å². The summed E-state index contributed by atoms with van der Waals surface area (Å²) in [6.45, 7) is 12.8. The molecule has 0 bridgehead atoms. The highest BCUT2D eigenvalue weighted by Crippen LogP contribution is 2.31. The van der Waals surface area contributed by atoms with Gasteiger partial charge in [-0.25, -0.2) is 9.19 Å². The Bertz CT molecular complexity index is 1260. The van der Waals surface area contributed by atoms with Crippen LogP contribution in [0.5, 0.6) is 0 Å². The lowest BCUT2D eigenvalue weighted by atomic mass is 9.95. The van der Waals surface area contributed by atoms with Crippen molar-refractivity contribution < 1.29 is 18.5 Å². The third-order valence-electron chi connectivity index (χ3n) is 5.95. The highest BCUT2D eigenvalue weighted by atomic mass is 32.2. The topological polar surface area (TPSA) is 93.5 Å². The zero-order chi connectivity index (χ0) is 26.6. The zero-order valence-corrected chi connectivity index (χ0v) is 22.9. The number of rotatable bonds is 9. The predicted octanol–water partition coefficient (Wildman–Crippen LogP) is 5.04. The Hall–Kier alpha value is -3.20. The van der Waals surface area contributed by atoms with E-state index < -0.39 is 22.9 Å². The van der Waals surface area contributed by atoms with Gasteiger partial charge in [0.1, 0.15) is 5.82 Å². The van der Waals surface area contributed by atoms with Crippen LogP contribution in [0.25, 0.3) is 11.0 Å². The van der Waals surface area contributed by atoms with Gasteiger partial charge in [0.05, 0.1) is 21.6 Å². The van der Waals surface area contributed by atoms with Crippen LogP contribution in [0, 0.1) is 5.92 Å². The predicted molar refractivity (Wildman–Crippen MR) is 144 cm³/mol. The number of fused-ring (bicyclic) bond motifs is 1. The molecule has 2 unspecified atom stereocenters. The van der Waals surface area contributed by atoms with Crippen LogP contribution in [0.15, 0.2) is 47.4 Å². The van der Waals surface area contributed by atoms with E-state index >= 15 is 0 Å². The van der Waals surface area contributed by atoms with Crippen molar-refractivity contribution in [2.75, 3.05) is 23.3 Å². The van der Waals surface area contributed by atoms with Gasteiger partial charge in [-0.15, -0.1) is 0 Å². The molecular weight excluding hydrogens is 476 g/mol. The van der Waals surface area contributed by atoms with E-state index in [2.05, 4.69) is 55.3 Å². The van der Waals surface area contributed by atoms with Crippen LogP contribution in [0.3, 0.4) is 0 Å². The summed E-state index contributed by atoms with van der Waals surface area (Å²) in [6.07, 6.45) is 1.09. The molecule has 1 heterocycles. The lowest BCUT2D eigenvalue weighted by Crippen LogP contribution is -2.21. The normalized spacial score (nSPS) is 13.3. The Balaban J connectivity index is 1.81. The number of benzene rings is 2. The molecule has 0 aliphatic rings. The smallest absolute Gasteiger partial charge is 0.303 e. The van der Waals surface area contributed by atoms with Gasteiger partial charge in [0.2, 0.25) is 0 Å². The van der Waals surface area contributed by atoms with Crippen molar-refractivity contribution in [1.29, 1.82) is 0 Å². The molecule has 0 aliphatic carbocycles. The number of ether oxygens (including phenoxy) is 1. The first-order chi connectivity index (χ1) is 16.9. The number of amides is 1. The summed E-state index contributed by atoms with van der Waals surface area (Å²) in [7, 11) is 0.323. The van der Waals surface area contributed by atoms with Crippen molar-refractivity contribution in [3.63, 3.8) is 0 Å². The monoisotopic (exact) mass is 512 g/mol. The Morgan fingerprint density at radius 3 is 2.42 bits per heavy atom. The van der Waals surface area contributed by atoms with Crippen molar-refractivity contribution >= 4 is 45.3 Å². The van der Waals surface area contributed by atoms with Gasteiger partial charge in [0.15, 0.2) is 17.6 Å². The first-order valence-electron chi connectivity index (χ1n) is 12.1. The average molecular weight is 513 g/mol. The number of nitrogens with one attached hydrogen (secondary N) is 1. The molecule has 36 heavy (non-hydrogen) atoms. The molecular formula is C27H36N4O4S. The first-order valence-corrected chi connectivity index (χ1v) is 13.2. The quantitative estimate of drug-likeness (QED) is 0.406. The van der Waals surface area contributed by atoms with E-state index in [1.165, 1.54) is 6.92 Å². The number of anilines is 2. The fourth-order valence-electron chi connectivity index (χ4n) is 3.78. The van der Waals surface area contributed by atoms with Gasteiger partial charge in [-0.1, -0.05) is 41.0 Å². The summed E-state index contributed by atoms with van der Waals surface area (Å²) in [5, 5.41) is 2.64. The fraction of sp³-hybridized carbons (Fsp3) is 0.444. The molecule has 3 aromatic rings. The Kier molecular flexibility index (Phi) is 8.55. The van der Waals surface area contributed by atoms with Crippen molar-refractivity contribution in [1.82, 2.24) is 9.55 Å². The molecule has 0 saturated heterocycles. The lowest BCUT2D eigenvalue weighted by molar-refractivity contribution is -0.144. The molecule has 8 nitrogen and oxygen atoms in total. The van der Waals surface area contributed by atoms with Crippen LogP contribution in [-0.4, -0.2) is 39.3 Å². The van der Waals surface area contributed by atoms with E-state index in [4.69, 9.17) is 4.98 Å². The number of carbonyl (C=O) groups excluding carboxylic acids is 2. The van der Waals surface area contributed by atoms with E-state index in [0.717, 1.165) is 35.5 Å². The number of aromatic nitrogens is 2. The molecule has 0 aliphatic heterocycles. The van der Waals surface area contributed by atoms with E-state index in [0.29, 0.717) is 16.5 Å². The average Bonchev–Trinajstić information content (AvgIpc) is 3.20. The van der Waals surface area contributed by atoms with Gasteiger partial charge in [-0.3, -0.25) is 13.9 Å². The first kappa shape index (κ1) is 27.4. The number of nitrogens with zero attached hydrogens (tertiary/aromatic N) is 3. The number of esters is 1. The van der Waals surface area contributed by atoms with Crippen LogP contribution in [-0.2, 0) is 37.3 Å². The molecule has 2 aromatic carbocycles. The fourth-order valence-corrected chi connectivity index (χ4v) is 4.78. The van der Waals surface area contributed by atoms with Gasteiger partial charge >= 0.3 is 5.97 Å². The van der Waals surface area contributed by atoms with Gasteiger partial charge < -0.3 is 14.6 Å². The number of hydrogen-bond donors (Lipinski definition) is 1. The van der Waals surface area contributed by atoms with Gasteiger partial charge in [0.25, 0.3) is 5.91 Å². The molecule has 1 aromatic heterocycles. The summed E-state index contributed by atoms with van der Waals surface area (Å²) >= 11 is 0. The largest absolute Gasteiger partial charge is 0.456 e. The summed E-state index contributed by atoms with van der Waals surface area (Å²) in [4.78, 5) is 28.2. The summed E-state index contributed by atoms with van der Waals surface area (Å²) in [5.41, 5.74) is 3.19. The van der Waals surface area contributed by atoms with Crippen LogP contribution >= 0.6 is 0 Å². The second kappa shape index (κ2) is 11.2. The summed E-state index contributed by atoms with van der Waals surface area (Å²) in [5.74, 6) is 0.624. The molecule has 194 valence electrons. The van der Waals surface area contributed by atoms with Crippen molar-refractivity contribution in [3.05, 3.63) is 48.3 Å². The number of imidazole rings is 1. The van der Waals surface area contributed by atoms with E-state index in [9.17, 15) is 13.8 Å². The highest BCUT2D eigenvalue weighted by molar-refractivity contribution is 7.86. The standard InChI is InChI=1S/C27H36N4O4S/c1-8-18(2)16-31-24-14-11-21(15-23(24)29-26(31)27(4,5)6)30(7)36(34)22-12-9-20(10-13-22)28-25(33)17-35-19(3)32/h9-15,18H,8,16-17H2,1-7H3,(H,28,33). The molecule has 9 heteroatoms. The molecule has 0 saturated carbocycles. The number of hydrogen-bond acceptors (Lipinski definition) is 5. The third kappa shape index (κ3) is 6.51. The minimum absolute atomic E-state index is 0.100. The van der Waals surface area contributed by atoms with E-state index in [1.807, 2.05) is 12.1 Å². The van der Waals surface area contributed by atoms with Gasteiger partial charge in [0, 0.05) is 31.6 Å². The van der Waals surface area contributed by atoms with Crippen molar-refractivity contribution in [2.45, 2.75) is 64.8 Å². The summed E-state index contributed by atoms with van der Waals surface area (Å²) < 4.78 is 22.0. The SMILES string of the molecule is CCC(C)Cn1c(C(C)(C)C)nc2cc(N(C)S(=O)c3ccc(NC(=O)COC(C)=O)cc3)ccc21. The van der Waals surface area contributed by atoms with Crippen LogP contribution in [0.4, 0.5) is 11.4 Å². The highest BCUT2D eigenvalue weighted by Gasteiger charge is 2.24. The second-order valence-electron chi connectivity index (χ2n) is 10.1. The van der Waals surface area contributed by atoms with Crippen LogP contribution in [0.1, 0.15) is 53.8 Å². The molecule has 2 atom stereocenters. The summed E-state index contributed by atoms with van der Waals surface area (Å²) in [6, 6.07) is 12.8. The molecule has 0 spiro atoms. The van der Waals surface area contributed by atoms with Crippen LogP contribution in [0.2, 0.25) is 0 Å².